The maximum atomic E-state index is 12.9. The first-order valence-electron chi connectivity index (χ1n) is 8.82. The van der Waals surface area contributed by atoms with Gasteiger partial charge in [-0.05, 0) is 39.7 Å². The fraction of sp³-hybridized carbons (Fsp3) is 0.556. The first-order chi connectivity index (χ1) is 13.0. The summed E-state index contributed by atoms with van der Waals surface area (Å²) in [5.74, 6) is -0.339. The number of halogens is 1. The molecule has 1 atom stereocenters. The first kappa shape index (κ1) is 21.7. The van der Waals surface area contributed by atoms with Crippen LogP contribution in [0.25, 0.3) is 0 Å². The van der Waals surface area contributed by atoms with E-state index in [1.165, 1.54) is 18.1 Å². The van der Waals surface area contributed by atoms with Crippen LogP contribution in [0.5, 0.6) is 5.75 Å². The molecule has 1 N–H and O–H groups in total. The highest BCUT2D eigenvalue weighted by molar-refractivity contribution is 6.34. The molecule has 1 aliphatic heterocycles. The molecule has 2 rings (SSSR count). The molecule has 1 saturated heterocycles. The van der Waals surface area contributed by atoms with E-state index in [0.29, 0.717) is 19.4 Å². The van der Waals surface area contributed by atoms with Gasteiger partial charge in [-0.1, -0.05) is 11.6 Å². The summed E-state index contributed by atoms with van der Waals surface area (Å²) >= 11 is 5.95. The molecule has 1 aliphatic rings. The van der Waals surface area contributed by atoms with Crippen molar-refractivity contribution in [3.63, 3.8) is 0 Å². The normalized spacial score (nSPS) is 17.0. The first-order valence-corrected chi connectivity index (χ1v) is 9.20. The highest BCUT2D eigenvalue weighted by Gasteiger charge is 2.29. The molecule has 0 saturated carbocycles. The molecule has 1 aromatic carbocycles. The van der Waals surface area contributed by atoms with Gasteiger partial charge in [0.15, 0.2) is 5.02 Å². The van der Waals surface area contributed by atoms with E-state index in [1.54, 1.807) is 20.8 Å². The van der Waals surface area contributed by atoms with E-state index >= 15 is 0 Å². The van der Waals surface area contributed by atoms with E-state index in [2.05, 4.69) is 5.32 Å². The van der Waals surface area contributed by atoms with Crippen molar-refractivity contribution in [2.45, 2.75) is 45.3 Å². The number of carbonyl (C=O) groups excluding carboxylic acids is 2. The summed E-state index contributed by atoms with van der Waals surface area (Å²) in [4.78, 5) is 36.9. The third-order valence-corrected chi connectivity index (χ3v) is 4.49. The predicted octanol–water partition coefficient (Wildman–Crippen LogP) is 3.39. The highest BCUT2D eigenvalue weighted by Crippen LogP contribution is 2.35. The average molecular weight is 414 g/mol. The van der Waals surface area contributed by atoms with Gasteiger partial charge in [0.25, 0.3) is 11.6 Å². The van der Waals surface area contributed by atoms with Gasteiger partial charge >= 0.3 is 6.09 Å². The van der Waals surface area contributed by atoms with Gasteiger partial charge in [0, 0.05) is 25.2 Å². The lowest BCUT2D eigenvalue weighted by Crippen LogP contribution is -2.50. The van der Waals surface area contributed by atoms with Crippen LogP contribution in [-0.4, -0.2) is 53.7 Å². The zero-order valence-corrected chi connectivity index (χ0v) is 17.0. The smallest absolute Gasteiger partial charge is 0.407 e. The number of amides is 2. The number of hydrogen-bond acceptors (Lipinski definition) is 6. The minimum atomic E-state index is -0.662. The van der Waals surface area contributed by atoms with E-state index < -0.39 is 28.2 Å². The largest absolute Gasteiger partial charge is 0.495 e. The Bertz CT molecular complexity index is 777. The Labute approximate surface area is 168 Å². The predicted molar refractivity (Wildman–Crippen MR) is 103 cm³/mol. The fourth-order valence-corrected chi connectivity index (χ4v) is 3.18. The van der Waals surface area contributed by atoms with Crippen LogP contribution in [0.1, 0.15) is 44.0 Å². The number of piperidine rings is 1. The van der Waals surface area contributed by atoms with Gasteiger partial charge in [0.1, 0.15) is 11.4 Å². The monoisotopic (exact) mass is 413 g/mol. The van der Waals surface area contributed by atoms with Crippen LogP contribution in [0.3, 0.4) is 0 Å². The highest BCUT2D eigenvalue weighted by atomic mass is 35.5. The van der Waals surface area contributed by atoms with Crippen LogP contribution in [0.4, 0.5) is 10.5 Å². The van der Waals surface area contributed by atoms with E-state index in [-0.39, 0.29) is 28.9 Å². The van der Waals surface area contributed by atoms with E-state index in [9.17, 15) is 19.7 Å². The molecule has 0 bridgehead atoms. The second kappa shape index (κ2) is 8.64. The lowest BCUT2D eigenvalue weighted by Gasteiger charge is -2.33. The lowest BCUT2D eigenvalue weighted by molar-refractivity contribution is -0.384. The second-order valence-electron chi connectivity index (χ2n) is 7.51. The molecule has 1 aromatic rings. The Morgan fingerprint density at radius 2 is 2.04 bits per heavy atom. The number of likely N-dealkylation sites (tertiary alicyclic amines) is 1. The van der Waals surface area contributed by atoms with Gasteiger partial charge in [-0.2, -0.15) is 0 Å². The lowest BCUT2D eigenvalue weighted by atomic mass is 10.0. The molecule has 0 spiro atoms. The molecule has 1 heterocycles. The fourth-order valence-electron chi connectivity index (χ4n) is 2.92. The number of benzene rings is 1. The summed E-state index contributed by atoms with van der Waals surface area (Å²) in [6.07, 6.45) is 0.835. The van der Waals surface area contributed by atoms with Gasteiger partial charge in [0.2, 0.25) is 0 Å². The Morgan fingerprint density at radius 3 is 2.61 bits per heavy atom. The van der Waals surface area contributed by atoms with Crippen molar-refractivity contribution in [1.29, 1.82) is 0 Å². The number of nitrogens with zero attached hydrogens (tertiary/aromatic N) is 2. The third-order valence-electron chi connectivity index (χ3n) is 4.11. The topological polar surface area (TPSA) is 111 Å². The van der Waals surface area contributed by atoms with Crippen LogP contribution in [-0.2, 0) is 4.74 Å². The van der Waals surface area contributed by atoms with Crippen molar-refractivity contribution in [1.82, 2.24) is 10.2 Å². The van der Waals surface area contributed by atoms with Crippen molar-refractivity contribution in [3.05, 3.63) is 32.8 Å². The van der Waals surface area contributed by atoms with Crippen molar-refractivity contribution in [2.75, 3.05) is 20.2 Å². The molecule has 154 valence electrons. The maximum Gasteiger partial charge on any atom is 0.407 e. The van der Waals surface area contributed by atoms with Gasteiger partial charge in [-0.3, -0.25) is 14.9 Å². The number of nitrogens with one attached hydrogen (secondary N) is 1. The van der Waals surface area contributed by atoms with Gasteiger partial charge in [-0.15, -0.1) is 0 Å². The van der Waals surface area contributed by atoms with Gasteiger partial charge in [0.05, 0.1) is 17.6 Å². The molecular formula is C18H24ClN3O6. The van der Waals surface area contributed by atoms with E-state index in [1.807, 2.05) is 0 Å². The minimum absolute atomic E-state index is 0.0552. The molecule has 2 amide bonds. The van der Waals surface area contributed by atoms with Crippen molar-refractivity contribution in [3.8, 4) is 5.75 Å². The Hall–Kier alpha value is -2.55. The Balaban J connectivity index is 2.15. The third kappa shape index (κ3) is 5.48. The second-order valence-corrected chi connectivity index (χ2v) is 7.88. The molecule has 1 fully saturated rings. The van der Waals surface area contributed by atoms with E-state index in [0.717, 1.165) is 6.07 Å². The maximum absolute atomic E-state index is 12.9. The van der Waals surface area contributed by atoms with E-state index in [4.69, 9.17) is 21.1 Å². The zero-order valence-electron chi connectivity index (χ0n) is 16.3. The number of hydrogen-bond donors (Lipinski definition) is 1. The number of ether oxygens (including phenoxy) is 2. The molecule has 10 heteroatoms. The van der Waals surface area contributed by atoms with Crippen LogP contribution in [0.2, 0.25) is 5.02 Å². The minimum Gasteiger partial charge on any atom is -0.495 e. The van der Waals surface area contributed by atoms with Crippen LogP contribution in [0, 0.1) is 10.1 Å². The summed E-state index contributed by atoms with van der Waals surface area (Å²) in [6, 6.07) is 2.25. The van der Waals surface area contributed by atoms with Crippen molar-refractivity contribution >= 4 is 29.3 Å². The number of rotatable bonds is 4. The van der Waals surface area contributed by atoms with Crippen LogP contribution >= 0.6 is 11.6 Å². The van der Waals surface area contributed by atoms with Gasteiger partial charge in [-0.25, -0.2) is 4.79 Å². The standard InChI is InChI=1S/C18H24ClN3O6/c1-18(2,3)28-17(24)20-12-6-5-7-21(10-12)16(23)11-8-13(22(25)26)15(19)14(9-11)27-4/h8-9,12H,5-7,10H2,1-4H3,(H,20,24). The summed E-state index contributed by atoms with van der Waals surface area (Å²) in [5, 5.41) is 13.8. The quantitative estimate of drug-likeness (QED) is 0.598. The molecule has 0 aliphatic carbocycles. The Morgan fingerprint density at radius 1 is 1.36 bits per heavy atom. The summed E-state index contributed by atoms with van der Waals surface area (Å²) in [6.45, 7) is 6.05. The number of nitro benzene ring substituents is 1. The SMILES string of the molecule is COc1cc(C(=O)N2CCCC(NC(=O)OC(C)(C)C)C2)cc([N+](=O)[O-])c1Cl. The molecule has 28 heavy (non-hydrogen) atoms. The van der Waals surface area contributed by atoms with Gasteiger partial charge < -0.3 is 19.7 Å². The molecular weight excluding hydrogens is 390 g/mol. The zero-order chi connectivity index (χ0) is 21.1. The number of nitro groups is 1. The molecule has 0 aromatic heterocycles. The number of methoxy groups -OCH3 is 1. The summed E-state index contributed by atoms with van der Waals surface area (Å²) < 4.78 is 10.3. The van der Waals surface area contributed by atoms with Crippen molar-refractivity contribution in [2.24, 2.45) is 0 Å². The Kier molecular flexibility index (Phi) is 6.71. The van der Waals surface area contributed by atoms with Crippen molar-refractivity contribution < 1.29 is 24.0 Å². The molecule has 1 unspecified atom stereocenters. The summed E-state index contributed by atoms with van der Waals surface area (Å²) in [7, 11) is 1.32. The number of alkyl carbamates (subject to hydrolysis) is 1. The molecule has 0 radical (unpaired) electrons. The number of carbonyl (C=O) groups is 2. The average Bonchev–Trinajstić information content (AvgIpc) is 2.59. The van der Waals surface area contributed by atoms with Crippen LogP contribution in [0.15, 0.2) is 12.1 Å². The van der Waals surface area contributed by atoms with Crippen LogP contribution < -0.4 is 10.1 Å². The summed E-state index contributed by atoms with van der Waals surface area (Å²) in [5.41, 5.74) is -0.914. The molecule has 9 nitrogen and oxygen atoms in total.